The molecule has 0 aliphatic rings. The Balaban J connectivity index is 1.85. The number of hydrogen-bond donors (Lipinski definition) is 0. The number of alkyl halides is 1. The van der Waals surface area contributed by atoms with Crippen molar-refractivity contribution in [2.24, 2.45) is 0 Å². The van der Waals surface area contributed by atoms with Crippen molar-refractivity contribution < 1.29 is 9.21 Å². The van der Waals surface area contributed by atoms with Crippen molar-refractivity contribution in [1.29, 1.82) is 0 Å². The molecule has 0 atom stereocenters. The van der Waals surface area contributed by atoms with Crippen LogP contribution < -0.4 is 0 Å². The minimum absolute atomic E-state index is 0.0201. The number of benzene rings is 1. The van der Waals surface area contributed by atoms with Crippen LogP contribution in [0.5, 0.6) is 0 Å². The molecule has 0 bridgehead atoms. The minimum Gasteiger partial charge on any atom is -0.461 e. The molecule has 0 saturated heterocycles. The number of carbonyl (C=O) groups excluding carboxylic acids is 1. The molecule has 4 nitrogen and oxygen atoms in total. The second kappa shape index (κ2) is 5.51. The Morgan fingerprint density at radius 1 is 1.25 bits per heavy atom. The summed E-state index contributed by atoms with van der Waals surface area (Å²) in [4.78, 5) is 16.4. The Kier molecular flexibility index (Phi) is 3.56. The molecule has 0 aliphatic heterocycles. The van der Waals surface area contributed by atoms with Gasteiger partial charge in [-0.3, -0.25) is 4.79 Å². The Labute approximate surface area is 121 Å². The van der Waals surface area contributed by atoms with Gasteiger partial charge in [-0.1, -0.05) is 12.1 Å². The number of nitrogens with zero attached hydrogens (tertiary/aromatic N) is 2. The Bertz CT molecular complexity index is 732. The third-order valence-electron chi connectivity index (χ3n) is 3.21. The average Bonchev–Trinajstić information content (AvgIpc) is 3.12. The zero-order valence-electron chi connectivity index (χ0n) is 10.8. The number of hydrogen-bond acceptors (Lipinski definition) is 3. The van der Waals surface area contributed by atoms with Gasteiger partial charge in [0.2, 0.25) is 0 Å². The molecule has 20 heavy (non-hydrogen) atoms. The van der Waals surface area contributed by atoms with E-state index in [1.807, 2.05) is 28.8 Å². The fourth-order valence-electron chi connectivity index (χ4n) is 2.25. The second-order valence-corrected chi connectivity index (χ2v) is 4.72. The van der Waals surface area contributed by atoms with E-state index in [4.69, 9.17) is 16.0 Å². The van der Waals surface area contributed by atoms with E-state index in [1.165, 1.54) is 6.26 Å². The SMILES string of the molecule is O=C(CCn1c(CCl)nc2ccccc21)c1ccco1. The highest BCUT2D eigenvalue weighted by atomic mass is 35.5. The first-order chi connectivity index (χ1) is 9.79. The van der Waals surface area contributed by atoms with Gasteiger partial charge in [-0.25, -0.2) is 4.98 Å². The Hall–Kier alpha value is -2.07. The molecule has 0 aliphatic carbocycles. The first-order valence-electron chi connectivity index (χ1n) is 6.36. The number of aryl methyl sites for hydroxylation is 1. The first kappa shape index (κ1) is 12.9. The molecule has 102 valence electrons. The third-order valence-corrected chi connectivity index (χ3v) is 3.45. The molecule has 0 amide bonds. The van der Waals surface area contributed by atoms with Gasteiger partial charge in [0, 0.05) is 13.0 Å². The molecule has 3 aromatic rings. The van der Waals surface area contributed by atoms with E-state index in [1.54, 1.807) is 12.1 Å². The maximum Gasteiger partial charge on any atom is 0.199 e. The first-order valence-corrected chi connectivity index (χ1v) is 6.90. The number of para-hydroxylation sites is 2. The molecular weight excluding hydrogens is 276 g/mol. The van der Waals surface area contributed by atoms with E-state index in [0.717, 1.165) is 16.9 Å². The molecule has 3 rings (SSSR count). The van der Waals surface area contributed by atoms with Gasteiger partial charge in [0.05, 0.1) is 23.2 Å². The van der Waals surface area contributed by atoms with Crippen LogP contribution in [0.4, 0.5) is 0 Å². The van der Waals surface area contributed by atoms with Gasteiger partial charge >= 0.3 is 0 Å². The third kappa shape index (κ3) is 2.34. The molecule has 2 aromatic heterocycles. The van der Waals surface area contributed by atoms with Crippen LogP contribution in [-0.2, 0) is 12.4 Å². The standard InChI is InChI=1S/C15H13ClN2O2/c16-10-15-17-11-4-1-2-5-12(11)18(15)8-7-13(19)14-6-3-9-20-14/h1-6,9H,7-8,10H2. The lowest BCUT2D eigenvalue weighted by Crippen LogP contribution is -2.07. The number of imidazole rings is 1. The van der Waals surface area contributed by atoms with Crippen molar-refractivity contribution in [1.82, 2.24) is 9.55 Å². The van der Waals surface area contributed by atoms with Gasteiger partial charge in [0.1, 0.15) is 5.82 Å². The van der Waals surface area contributed by atoms with E-state index < -0.39 is 0 Å². The summed E-state index contributed by atoms with van der Waals surface area (Å²) in [5.41, 5.74) is 1.89. The van der Waals surface area contributed by atoms with Crippen LogP contribution in [0.25, 0.3) is 11.0 Å². The number of furan rings is 1. The summed E-state index contributed by atoms with van der Waals surface area (Å²) in [6.07, 6.45) is 1.86. The van der Waals surface area contributed by atoms with Crippen LogP contribution in [0.2, 0.25) is 0 Å². The highest BCUT2D eigenvalue weighted by Gasteiger charge is 2.13. The van der Waals surface area contributed by atoms with Crippen LogP contribution in [0, 0.1) is 0 Å². The summed E-state index contributed by atoms with van der Waals surface area (Å²) >= 11 is 5.93. The summed E-state index contributed by atoms with van der Waals surface area (Å²) in [5, 5.41) is 0. The van der Waals surface area contributed by atoms with E-state index in [9.17, 15) is 4.79 Å². The number of Topliss-reactive ketones (excluding diaryl/α,β-unsaturated/α-hetero) is 1. The number of ketones is 1. The summed E-state index contributed by atoms with van der Waals surface area (Å²) in [6, 6.07) is 11.2. The summed E-state index contributed by atoms with van der Waals surface area (Å²) in [7, 11) is 0. The van der Waals surface area contributed by atoms with Crippen molar-refractivity contribution in [3.8, 4) is 0 Å². The van der Waals surface area contributed by atoms with E-state index in [2.05, 4.69) is 4.98 Å². The van der Waals surface area contributed by atoms with Crippen molar-refractivity contribution in [2.45, 2.75) is 18.8 Å². The van der Waals surface area contributed by atoms with Crippen molar-refractivity contribution in [3.05, 3.63) is 54.2 Å². The Morgan fingerprint density at radius 2 is 2.10 bits per heavy atom. The van der Waals surface area contributed by atoms with Crippen LogP contribution in [0.15, 0.2) is 47.1 Å². The van der Waals surface area contributed by atoms with Crippen LogP contribution in [0.1, 0.15) is 22.8 Å². The van der Waals surface area contributed by atoms with Crippen molar-refractivity contribution in [2.75, 3.05) is 0 Å². The fraction of sp³-hybridized carbons (Fsp3) is 0.200. The largest absolute Gasteiger partial charge is 0.461 e. The smallest absolute Gasteiger partial charge is 0.199 e. The van der Waals surface area contributed by atoms with Crippen LogP contribution in [-0.4, -0.2) is 15.3 Å². The lowest BCUT2D eigenvalue weighted by molar-refractivity contribution is 0.0950. The second-order valence-electron chi connectivity index (χ2n) is 4.45. The number of halogens is 1. The van der Waals surface area contributed by atoms with Crippen molar-refractivity contribution in [3.63, 3.8) is 0 Å². The predicted molar refractivity (Wildman–Crippen MR) is 76.9 cm³/mol. The van der Waals surface area contributed by atoms with Crippen molar-refractivity contribution >= 4 is 28.4 Å². The van der Waals surface area contributed by atoms with Gasteiger partial charge < -0.3 is 8.98 Å². The van der Waals surface area contributed by atoms with E-state index in [0.29, 0.717) is 24.6 Å². The molecule has 0 fully saturated rings. The topological polar surface area (TPSA) is 48.0 Å². The number of rotatable bonds is 5. The molecule has 1 aromatic carbocycles. The fourth-order valence-corrected chi connectivity index (χ4v) is 2.45. The zero-order valence-corrected chi connectivity index (χ0v) is 11.5. The van der Waals surface area contributed by atoms with Gasteiger partial charge in [-0.15, -0.1) is 11.6 Å². The lowest BCUT2D eigenvalue weighted by atomic mass is 10.2. The van der Waals surface area contributed by atoms with Gasteiger partial charge in [-0.2, -0.15) is 0 Å². The molecule has 2 heterocycles. The maximum atomic E-state index is 12.0. The van der Waals surface area contributed by atoms with Crippen LogP contribution >= 0.6 is 11.6 Å². The number of fused-ring (bicyclic) bond motifs is 1. The molecular formula is C15H13ClN2O2. The molecule has 0 spiro atoms. The van der Waals surface area contributed by atoms with Gasteiger partial charge in [-0.05, 0) is 24.3 Å². The molecule has 0 saturated carbocycles. The van der Waals surface area contributed by atoms with Gasteiger partial charge in [0.25, 0.3) is 0 Å². The normalized spacial score (nSPS) is 11.1. The van der Waals surface area contributed by atoms with Crippen LogP contribution in [0.3, 0.4) is 0 Å². The summed E-state index contributed by atoms with van der Waals surface area (Å²) in [6.45, 7) is 0.544. The highest BCUT2D eigenvalue weighted by Crippen LogP contribution is 2.18. The summed E-state index contributed by atoms with van der Waals surface area (Å²) in [5.74, 6) is 1.47. The average molecular weight is 289 g/mol. The maximum absolute atomic E-state index is 12.0. The van der Waals surface area contributed by atoms with E-state index in [-0.39, 0.29) is 5.78 Å². The zero-order chi connectivity index (χ0) is 13.9. The molecule has 0 N–H and O–H groups in total. The Morgan fingerprint density at radius 3 is 2.85 bits per heavy atom. The molecule has 5 heteroatoms. The molecule has 0 unspecified atom stereocenters. The number of aromatic nitrogens is 2. The minimum atomic E-state index is -0.0201. The highest BCUT2D eigenvalue weighted by molar-refractivity contribution is 6.16. The number of carbonyl (C=O) groups is 1. The van der Waals surface area contributed by atoms with Gasteiger partial charge in [0.15, 0.2) is 11.5 Å². The van der Waals surface area contributed by atoms with E-state index >= 15 is 0 Å². The quantitative estimate of drug-likeness (QED) is 0.532. The monoisotopic (exact) mass is 288 g/mol. The lowest BCUT2D eigenvalue weighted by Gasteiger charge is -2.06. The predicted octanol–water partition coefficient (Wildman–Crippen LogP) is 3.64. The molecule has 0 radical (unpaired) electrons. The summed E-state index contributed by atoms with van der Waals surface area (Å²) < 4.78 is 7.10.